The number of amides is 1. The molecule has 4 heterocycles. The summed E-state index contributed by atoms with van der Waals surface area (Å²) < 4.78 is 11.6. The van der Waals surface area contributed by atoms with Gasteiger partial charge in [0.15, 0.2) is 0 Å². The SMILES string of the molecule is Cc1cc(N2CCN(C(=O)CN3CCS(=O)CC3)CC2)cc2[nH]c(-c3c(NCC(O)c4cccc(Cl)c4)cc[nH]c3=O)nc12. The van der Waals surface area contributed by atoms with E-state index in [0.29, 0.717) is 85.0 Å². The van der Waals surface area contributed by atoms with Crippen molar-refractivity contribution in [3.8, 4) is 11.4 Å². The van der Waals surface area contributed by atoms with E-state index < -0.39 is 16.9 Å². The van der Waals surface area contributed by atoms with Gasteiger partial charge in [-0.2, -0.15) is 0 Å². The number of hydrogen-bond donors (Lipinski definition) is 4. The van der Waals surface area contributed by atoms with E-state index in [1.807, 2.05) is 17.9 Å². The van der Waals surface area contributed by atoms with E-state index in [0.717, 1.165) is 22.3 Å². The van der Waals surface area contributed by atoms with E-state index in [-0.39, 0.29) is 18.0 Å². The van der Waals surface area contributed by atoms with Crippen LogP contribution < -0.4 is 15.8 Å². The number of piperazine rings is 1. The van der Waals surface area contributed by atoms with Crippen LogP contribution in [0.3, 0.4) is 0 Å². The Morgan fingerprint density at radius 2 is 1.89 bits per heavy atom. The summed E-state index contributed by atoms with van der Waals surface area (Å²) in [5.74, 6) is 1.84. The summed E-state index contributed by atoms with van der Waals surface area (Å²) in [6.45, 7) is 6.67. The average Bonchev–Trinajstić information content (AvgIpc) is 3.45. The van der Waals surface area contributed by atoms with Crippen molar-refractivity contribution in [2.75, 3.05) is 74.1 Å². The highest BCUT2D eigenvalue weighted by molar-refractivity contribution is 7.85. The molecule has 0 bridgehead atoms. The average molecular weight is 638 g/mol. The second kappa shape index (κ2) is 13.1. The number of nitrogens with zero attached hydrogens (tertiary/aromatic N) is 4. The van der Waals surface area contributed by atoms with Crippen LogP contribution in [-0.2, 0) is 15.6 Å². The largest absolute Gasteiger partial charge is 0.387 e. The molecule has 13 heteroatoms. The van der Waals surface area contributed by atoms with Crippen LogP contribution in [0.5, 0.6) is 0 Å². The Morgan fingerprint density at radius 3 is 2.64 bits per heavy atom. The van der Waals surface area contributed by atoms with Crippen LogP contribution in [0.15, 0.2) is 53.5 Å². The number of aliphatic hydroxyl groups excluding tert-OH is 1. The number of H-pyrrole nitrogens is 2. The number of imidazole rings is 1. The number of carbonyl (C=O) groups excluding carboxylic acids is 1. The summed E-state index contributed by atoms with van der Waals surface area (Å²) in [7, 11) is -0.754. The van der Waals surface area contributed by atoms with Crippen molar-refractivity contribution in [3.05, 3.63) is 75.2 Å². The van der Waals surface area contributed by atoms with Gasteiger partial charge in [0.25, 0.3) is 5.56 Å². The highest BCUT2D eigenvalue weighted by Gasteiger charge is 2.25. The summed E-state index contributed by atoms with van der Waals surface area (Å²) in [6, 6.07) is 12.9. The van der Waals surface area contributed by atoms with Gasteiger partial charge in [-0.25, -0.2) is 4.98 Å². The zero-order valence-electron chi connectivity index (χ0n) is 24.5. The zero-order chi connectivity index (χ0) is 30.8. The number of fused-ring (bicyclic) bond motifs is 1. The highest BCUT2D eigenvalue weighted by atomic mass is 35.5. The van der Waals surface area contributed by atoms with E-state index in [1.165, 1.54) is 0 Å². The van der Waals surface area contributed by atoms with Crippen molar-refractivity contribution in [1.82, 2.24) is 24.8 Å². The molecule has 0 spiro atoms. The molecule has 2 aromatic heterocycles. The maximum absolute atomic E-state index is 13.0. The fourth-order valence-corrected chi connectivity index (χ4v) is 7.14. The smallest absolute Gasteiger partial charge is 0.261 e. The van der Waals surface area contributed by atoms with Crippen LogP contribution in [0.25, 0.3) is 22.4 Å². The van der Waals surface area contributed by atoms with Gasteiger partial charge in [-0.1, -0.05) is 23.7 Å². The molecule has 0 aliphatic carbocycles. The fourth-order valence-electron chi connectivity index (χ4n) is 5.81. The van der Waals surface area contributed by atoms with Crippen molar-refractivity contribution in [1.29, 1.82) is 0 Å². The summed E-state index contributed by atoms with van der Waals surface area (Å²) in [4.78, 5) is 43.1. The number of halogens is 1. The standard InChI is InChI=1S/C31H36ClN7O4S/c1-20-15-23(38-7-9-39(10-8-38)27(41)19-37-11-13-44(43)14-12-37)17-25-29(20)36-30(35-25)28-24(5-6-33-31(28)42)34-18-26(40)21-3-2-4-22(32)16-21/h2-6,15-17,26,40H,7-14,18-19H2,1H3,(H,35,36)(H2,33,34,42). The lowest BCUT2D eigenvalue weighted by Crippen LogP contribution is -2.52. The van der Waals surface area contributed by atoms with Gasteiger partial charge in [0, 0.05) is 85.0 Å². The fraction of sp³-hybridized carbons (Fsp3) is 0.387. The molecule has 1 amide bonds. The number of pyridine rings is 1. The number of nitrogens with one attached hydrogen (secondary N) is 3. The molecule has 0 saturated carbocycles. The molecule has 11 nitrogen and oxygen atoms in total. The maximum Gasteiger partial charge on any atom is 0.261 e. The van der Waals surface area contributed by atoms with E-state index in [1.54, 1.807) is 36.5 Å². The first-order valence-electron chi connectivity index (χ1n) is 14.7. The quantitative estimate of drug-likeness (QED) is 0.232. The molecule has 6 rings (SSSR count). The molecule has 2 aromatic carbocycles. The minimum Gasteiger partial charge on any atom is -0.387 e. The van der Waals surface area contributed by atoms with Crippen LogP contribution in [0.1, 0.15) is 17.2 Å². The maximum atomic E-state index is 13.0. The molecule has 2 fully saturated rings. The zero-order valence-corrected chi connectivity index (χ0v) is 26.1. The first-order chi connectivity index (χ1) is 21.2. The molecule has 4 aromatic rings. The molecule has 1 atom stereocenters. The number of carbonyl (C=O) groups is 1. The number of aryl methyl sites for hydroxylation is 1. The van der Waals surface area contributed by atoms with Crippen molar-refractivity contribution in [3.63, 3.8) is 0 Å². The third kappa shape index (κ3) is 6.68. The summed E-state index contributed by atoms with van der Waals surface area (Å²) in [5, 5.41) is 14.4. The lowest BCUT2D eigenvalue weighted by Gasteiger charge is -2.37. The highest BCUT2D eigenvalue weighted by Crippen LogP contribution is 2.30. The van der Waals surface area contributed by atoms with Crippen molar-refractivity contribution < 1.29 is 14.1 Å². The van der Waals surface area contributed by atoms with Gasteiger partial charge in [0.2, 0.25) is 5.91 Å². The van der Waals surface area contributed by atoms with Crippen LogP contribution >= 0.6 is 11.6 Å². The molecule has 2 aliphatic heterocycles. The Kier molecular flexibility index (Phi) is 9.03. The third-order valence-electron chi connectivity index (χ3n) is 8.31. The van der Waals surface area contributed by atoms with E-state index in [2.05, 4.69) is 31.2 Å². The molecular weight excluding hydrogens is 602 g/mol. The van der Waals surface area contributed by atoms with Crippen LogP contribution in [0.2, 0.25) is 5.02 Å². The van der Waals surface area contributed by atoms with Gasteiger partial charge in [0.05, 0.1) is 29.4 Å². The third-order valence-corrected chi connectivity index (χ3v) is 9.82. The minimum atomic E-state index is -0.825. The Morgan fingerprint density at radius 1 is 1.11 bits per heavy atom. The predicted molar refractivity (Wildman–Crippen MR) is 175 cm³/mol. The second-order valence-corrected chi connectivity index (χ2v) is 13.4. The van der Waals surface area contributed by atoms with Crippen molar-refractivity contribution in [2.24, 2.45) is 0 Å². The minimum absolute atomic E-state index is 0.125. The van der Waals surface area contributed by atoms with E-state index in [4.69, 9.17) is 16.6 Å². The molecule has 1 unspecified atom stereocenters. The predicted octanol–water partition coefficient (Wildman–Crippen LogP) is 2.74. The van der Waals surface area contributed by atoms with Gasteiger partial charge in [-0.15, -0.1) is 0 Å². The Bertz CT molecular complexity index is 1740. The summed E-state index contributed by atoms with van der Waals surface area (Å²) in [5.41, 5.74) is 4.86. The summed E-state index contributed by atoms with van der Waals surface area (Å²) >= 11 is 6.08. The van der Waals surface area contributed by atoms with E-state index >= 15 is 0 Å². The van der Waals surface area contributed by atoms with E-state index in [9.17, 15) is 18.9 Å². The second-order valence-electron chi connectivity index (χ2n) is 11.3. The van der Waals surface area contributed by atoms with Crippen molar-refractivity contribution in [2.45, 2.75) is 13.0 Å². The van der Waals surface area contributed by atoms with Gasteiger partial charge in [-0.05, 0) is 48.4 Å². The number of hydrogen-bond acceptors (Lipinski definition) is 8. The summed E-state index contributed by atoms with van der Waals surface area (Å²) in [6.07, 6.45) is 0.735. The van der Waals surface area contributed by atoms with Crippen LogP contribution in [0, 0.1) is 6.92 Å². The molecule has 2 saturated heterocycles. The number of anilines is 2. The Labute approximate surface area is 262 Å². The van der Waals surface area contributed by atoms with Crippen LogP contribution in [-0.4, -0.2) is 104 Å². The molecule has 44 heavy (non-hydrogen) atoms. The van der Waals surface area contributed by atoms with Gasteiger partial charge >= 0.3 is 0 Å². The molecule has 0 radical (unpaired) electrons. The number of benzene rings is 2. The van der Waals surface area contributed by atoms with Gasteiger partial charge in [-0.3, -0.25) is 18.7 Å². The van der Waals surface area contributed by atoms with Gasteiger partial charge < -0.3 is 30.2 Å². The Balaban J connectivity index is 1.15. The first-order valence-corrected chi connectivity index (χ1v) is 16.6. The molecular formula is C31H36ClN7O4S. The molecule has 4 N–H and O–H groups in total. The number of aliphatic hydroxyl groups is 1. The normalized spacial score (nSPS) is 17.2. The monoisotopic (exact) mass is 637 g/mol. The number of rotatable bonds is 8. The Hall–Kier alpha value is -3.71. The number of aromatic amines is 2. The lowest BCUT2D eigenvalue weighted by molar-refractivity contribution is -0.132. The molecule has 232 valence electrons. The van der Waals surface area contributed by atoms with Crippen LogP contribution in [0.4, 0.5) is 11.4 Å². The number of aromatic nitrogens is 3. The van der Waals surface area contributed by atoms with Gasteiger partial charge in [0.1, 0.15) is 11.4 Å². The lowest BCUT2D eigenvalue weighted by atomic mass is 10.1. The topological polar surface area (TPSA) is 138 Å². The first kappa shape index (κ1) is 30.3. The molecule has 2 aliphatic rings. The van der Waals surface area contributed by atoms with Crippen molar-refractivity contribution >= 4 is 50.7 Å².